The molecule has 1 aliphatic heterocycles. The van der Waals surface area contributed by atoms with Crippen LogP contribution in [0, 0.1) is 12.8 Å². The summed E-state index contributed by atoms with van der Waals surface area (Å²) >= 11 is 0. The lowest BCUT2D eigenvalue weighted by atomic mass is 10.00. The SMILES string of the molecule is COc1cc(O)c(C(=O)c2ccccc2)c(OC)c1.Cc1cc(=O)c2c(O)c3c(cc2o1)OCC(C)CC3. The van der Waals surface area contributed by atoms with Crippen LogP contribution in [0.25, 0.3) is 11.0 Å². The monoisotopic (exact) mass is 518 g/mol. The molecule has 0 aliphatic carbocycles. The first-order valence-electron chi connectivity index (χ1n) is 12.2. The average molecular weight is 519 g/mol. The van der Waals surface area contributed by atoms with Crippen molar-refractivity contribution in [3.8, 4) is 28.7 Å². The summed E-state index contributed by atoms with van der Waals surface area (Å²) in [7, 11) is 2.92. The predicted octanol–water partition coefficient (Wildman–Crippen LogP) is 5.41. The molecule has 0 spiro atoms. The van der Waals surface area contributed by atoms with Crippen molar-refractivity contribution in [2.24, 2.45) is 5.92 Å². The van der Waals surface area contributed by atoms with Gasteiger partial charge in [0.25, 0.3) is 0 Å². The summed E-state index contributed by atoms with van der Waals surface area (Å²) in [5, 5.41) is 20.6. The van der Waals surface area contributed by atoms with Crippen LogP contribution in [0.2, 0.25) is 0 Å². The van der Waals surface area contributed by atoms with Gasteiger partial charge in [0.2, 0.25) is 5.78 Å². The molecule has 1 aromatic heterocycles. The standard InChI is InChI=1S/C15H16O4.C15H14O4/c1-8-3-4-10-12(18-7-8)6-13-14(15(10)17)11(16)5-9(2)19-13;1-18-11-8-12(16)14(13(9-11)19-2)15(17)10-6-4-3-5-7-10/h5-6,8,17H,3-4,7H2,1-2H3;3-9,16H,1-2H3. The predicted molar refractivity (Wildman–Crippen MR) is 143 cm³/mol. The van der Waals surface area contributed by atoms with Crippen LogP contribution in [-0.4, -0.2) is 36.8 Å². The van der Waals surface area contributed by atoms with E-state index in [1.807, 2.05) is 6.07 Å². The molecule has 0 saturated heterocycles. The number of fused-ring (bicyclic) bond motifs is 2. The number of phenolic OH excluding ortho intramolecular Hbond substituents is 2. The Morgan fingerprint density at radius 1 is 1.03 bits per heavy atom. The number of rotatable bonds is 4. The Kier molecular flexibility index (Phi) is 7.90. The highest BCUT2D eigenvalue weighted by atomic mass is 16.5. The fraction of sp³-hybridized carbons (Fsp3) is 0.267. The fourth-order valence-electron chi connectivity index (χ4n) is 4.33. The number of carbonyl (C=O) groups excluding carboxylic acids is 1. The highest BCUT2D eigenvalue weighted by Gasteiger charge is 2.22. The van der Waals surface area contributed by atoms with E-state index in [0.717, 1.165) is 6.42 Å². The van der Waals surface area contributed by atoms with Crippen molar-refractivity contribution in [3.05, 3.63) is 87.3 Å². The van der Waals surface area contributed by atoms with Crippen LogP contribution in [0.15, 0.2) is 63.8 Å². The van der Waals surface area contributed by atoms with Crippen LogP contribution < -0.4 is 19.6 Å². The summed E-state index contributed by atoms with van der Waals surface area (Å²) < 4.78 is 21.4. The van der Waals surface area contributed by atoms with Gasteiger partial charge in [0, 0.05) is 35.4 Å². The second kappa shape index (κ2) is 11.3. The van der Waals surface area contributed by atoms with E-state index in [4.69, 9.17) is 18.6 Å². The summed E-state index contributed by atoms with van der Waals surface area (Å²) in [6.45, 7) is 4.44. The number of ketones is 1. The second-order valence-corrected chi connectivity index (χ2v) is 9.17. The van der Waals surface area contributed by atoms with E-state index < -0.39 is 0 Å². The number of benzene rings is 3. The van der Waals surface area contributed by atoms with E-state index in [1.54, 1.807) is 43.3 Å². The Labute approximate surface area is 220 Å². The first-order valence-corrected chi connectivity index (χ1v) is 12.2. The van der Waals surface area contributed by atoms with E-state index in [0.29, 0.717) is 52.9 Å². The van der Waals surface area contributed by atoms with Gasteiger partial charge in [0.1, 0.15) is 51.0 Å². The Bertz CT molecular complexity index is 1520. The smallest absolute Gasteiger partial charge is 0.200 e. The van der Waals surface area contributed by atoms with Gasteiger partial charge < -0.3 is 28.8 Å². The number of hydrogen-bond acceptors (Lipinski definition) is 8. The fourth-order valence-corrected chi connectivity index (χ4v) is 4.33. The van der Waals surface area contributed by atoms with Crippen molar-refractivity contribution in [3.63, 3.8) is 0 Å². The third-order valence-electron chi connectivity index (χ3n) is 6.36. The van der Waals surface area contributed by atoms with Crippen molar-refractivity contribution < 1.29 is 33.6 Å². The van der Waals surface area contributed by atoms with Crippen LogP contribution in [0.1, 0.15) is 40.6 Å². The minimum Gasteiger partial charge on any atom is -0.507 e. The molecular formula is C30H30O8. The van der Waals surface area contributed by atoms with Crippen molar-refractivity contribution in [1.29, 1.82) is 0 Å². The summed E-state index contributed by atoms with van der Waals surface area (Å²) in [5.41, 5.74) is 1.51. The lowest BCUT2D eigenvalue weighted by molar-refractivity contribution is 0.103. The van der Waals surface area contributed by atoms with E-state index in [-0.39, 0.29) is 39.4 Å². The van der Waals surface area contributed by atoms with Crippen molar-refractivity contribution >= 4 is 16.8 Å². The molecule has 0 saturated carbocycles. The van der Waals surface area contributed by atoms with Crippen molar-refractivity contribution in [2.45, 2.75) is 26.7 Å². The van der Waals surface area contributed by atoms with Gasteiger partial charge in [-0.05, 0) is 25.7 Å². The molecule has 0 bridgehead atoms. The molecule has 2 heterocycles. The van der Waals surface area contributed by atoms with Crippen molar-refractivity contribution in [1.82, 2.24) is 0 Å². The maximum absolute atomic E-state index is 12.4. The zero-order chi connectivity index (χ0) is 27.4. The highest BCUT2D eigenvalue weighted by molar-refractivity contribution is 6.12. The summed E-state index contributed by atoms with van der Waals surface area (Å²) in [6.07, 6.45) is 1.65. The van der Waals surface area contributed by atoms with Crippen LogP contribution >= 0.6 is 0 Å². The minimum atomic E-state index is -0.294. The van der Waals surface area contributed by atoms with Gasteiger partial charge in [-0.25, -0.2) is 0 Å². The van der Waals surface area contributed by atoms with Crippen LogP contribution in [0.3, 0.4) is 0 Å². The van der Waals surface area contributed by atoms with Gasteiger partial charge in [-0.3, -0.25) is 9.59 Å². The van der Waals surface area contributed by atoms with Gasteiger partial charge in [-0.15, -0.1) is 0 Å². The zero-order valence-corrected chi connectivity index (χ0v) is 21.7. The van der Waals surface area contributed by atoms with Gasteiger partial charge in [-0.2, -0.15) is 0 Å². The molecule has 3 aromatic carbocycles. The Balaban J connectivity index is 0.000000177. The molecule has 4 aromatic rings. The number of ether oxygens (including phenoxy) is 3. The molecule has 1 atom stereocenters. The molecule has 1 unspecified atom stereocenters. The van der Waals surface area contributed by atoms with Gasteiger partial charge in [-0.1, -0.05) is 37.3 Å². The molecule has 8 nitrogen and oxygen atoms in total. The van der Waals surface area contributed by atoms with Crippen LogP contribution in [0.4, 0.5) is 0 Å². The van der Waals surface area contributed by atoms with E-state index >= 15 is 0 Å². The quantitative estimate of drug-likeness (QED) is 0.345. The number of carbonyl (C=O) groups is 1. The lowest BCUT2D eigenvalue weighted by Gasteiger charge is -2.11. The number of hydrogen-bond donors (Lipinski definition) is 2. The molecule has 2 N–H and O–H groups in total. The summed E-state index contributed by atoms with van der Waals surface area (Å²) in [4.78, 5) is 24.4. The number of methoxy groups -OCH3 is 2. The molecule has 5 rings (SSSR count). The summed E-state index contributed by atoms with van der Waals surface area (Å²) in [6, 6.07) is 14.8. The topological polar surface area (TPSA) is 115 Å². The number of aryl methyl sites for hydroxylation is 1. The Morgan fingerprint density at radius 2 is 1.76 bits per heavy atom. The molecular weight excluding hydrogens is 488 g/mol. The maximum atomic E-state index is 12.4. The first-order chi connectivity index (χ1) is 18.2. The second-order valence-electron chi connectivity index (χ2n) is 9.17. The largest absolute Gasteiger partial charge is 0.507 e. The lowest BCUT2D eigenvalue weighted by Crippen LogP contribution is -2.05. The third-order valence-corrected chi connectivity index (χ3v) is 6.36. The van der Waals surface area contributed by atoms with E-state index in [2.05, 4.69) is 6.92 Å². The van der Waals surface area contributed by atoms with Crippen LogP contribution in [0.5, 0.6) is 28.7 Å². The zero-order valence-electron chi connectivity index (χ0n) is 21.7. The Hall–Kier alpha value is -4.46. The van der Waals surface area contributed by atoms with E-state index in [1.165, 1.54) is 26.4 Å². The number of phenols is 2. The molecule has 0 fully saturated rings. The molecule has 0 amide bonds. The first kappa shape index (κ1) is 26.6. The van der Waals surface area contributed by atoms with Crippen LogP contribution in [-0.2, 0) is 6.42 Å². The minimum absolute atomic E-state index is 0.00958. The third kappa shape index (κ3) is 5.44. The summed E-state index contributed by atoms with van der Waals surface area (Å²) in [5.74, 6) is 1.85. The molecule has 1 aliphatic rings. The van der Waals surface area contributed by atoms with Gasteiger partial charge in [0.05, 0.1) is 20.8 Å². The Morgan fingerprint density at radius 3 is 2.45 bits per heavy atom. The van der Waals surface area contributed by atoms with Gasteiger partial charge in [0.15, 0.2) is 5.43 Å². The normalized spacial score (nSPS) is 14.4. The molecule has 198 valence electrons. The highest BCUT2D eigenvalue weighted by Crippen LogP contribution is 2.38. The van der Waals surface area contributed by atoms with E-state index in [9.17, 15) is 19.8 Å². The molecule has 0 radical (unpaired) electrons. The average Bonchev–Trinajstić information content (AvgIpc) is 3.09. The maximum Gasteiger partial charge on any atom is 0.200 e. The number of aromatic hydroxyl groups is 2. The van der Waals surface area contributed by atoms with Crippen molar-refractivity contribution in [2.75, 3.05) is 20.8 Å². The molecule has 38 heavy (non-hydrogen) atoms. The molecule has 8 heteroatoms. The van der Waals surface area contributed by atoms with Gasteiger partial charge >= 0.3 is 0 Å².